The smallest absolute Gasteiger partial charge is 0.0915 e. The molecule has 4 heteroatoms. The molecule has 0 aliphatic carbocycles. The minimum atomic E-state index is 0. The molecule has 0 N–H and O–H groups in total. The molecule has 0 saturated carbocycles. The normalized spacial score (nSPS) is 13.6. The maximum atomic E-state index is 4.25. The maximum absolute atomic E-state index is 4.25. The van der Waals surface area contributed by atoms with Crippen molar-refractivity contribution in [2.45, 2.75) is 6.42 Å². The minimum absolute atomic E-state index is 0. The first-order valence-corrected chi connectivity index (χ1v) is 4.20. The minimum Gasteiger partial charge on any atom is -0.255 e. The molecule has 1 aromatic rings. The van der Waals surface area contributed by atoms with Crippen molar-refractivity contribution < 1.29 is 0 Å². The zero-order valence-corrected chi connectivity index (χ0v) is 11.5. The van der Waals surface area contributed by atoms with Gasteiger partial charge in [-0.1, -0.05) is 18.7 Å². The number of pyridine rings is 1. The van der Waals surface area contributed by atoms with E-state index in [1.54, 1.807) is 12.4 Å². The Morgan fingerprint density at radius 2 is 2.00 bits per heavy atom. The lowest BCUT2D eigenvalue weighted by atomic mass is 10.0. The third-order valence-corrected chi connectivity index (χ3v) is 1.92. The summed E-state index contributed by atoms with van der Waals surface area (Å²) in [7, 11) is 0. The van der Waals surface area contributed by atoms with Crippen LogP contribution in [0.25, 0.3) is 0 Å². The molecule has 1 aliphatic rings. The molecule has 0 bridgehead atoms. The highest BCUT2D eigenvalue weighted by Crippen LogP contribution is 2.13. The Morgan fingerprint density at radius 3 is 2.60 bits per heavy atom. The van der Waals surface area contributed by atoms with E-state index in [0.29, 0.717) is 0 Å². The van der Waals surface area contributed by atoms with Gasteiger partial charge in [0.2, 0.25) is 0 Å². The van der Waals surface area contributed by atoms with Gasteiger partial charge in [0.15, 0.2) is 0 Å². The van der Waals surface area contributed by atoms with Crippen molar-refractivity contribution >= 4 is 39.7 Å². The average molecular weight is 332 g/mol. The van der Waals surface area contributed by atoms with Gasteiger partial charge in [0, 0.05) is 12.4 Å². The number of nitrogens with zero attached hydrogens (tertiary/aromatic N) is 2. The Hall–Kier alpha value is -0.740. The summed E-state index contributed by atoms with van der Waals surface area (Å²) in [6.07, 6.45) is 6.44. The zero-order valence-electron chi connectivity index (χ0n) is 8.09. The lowest BCUT2D eigenvalue weighted by molar-refractivity contribution is 1.21. The molecule has 2 heterocycles. The fourth-order valence-electron chi connectivity index (χ4n) is 1.26. The number of aromatic nitrogens is 1. The van der Waals surface area contributed by atoms with Gasteiger partial charge in [-0.15, -0.1) is 34.0 Å². The van der Waals surface area contributed by atoms with E-state index in [0.717, 1.165) is 23.4 Å². The van der Waals surface area contributed by atoms with Crippen LogP contribution in [0.3, 0.4) is 0 Å². The summed E-state index contributed by atoms with van der Waals surface area (Å²) >= 11 is 0. The van der Waals surface area contributed by atoms with Gasteiger partial charge in [0.05, 0.1) is 11.4 Å². The zero-order chi connectivity index (χ0) is 9.10. The molecule has 0 fully saturated rings. The second-order valence-electron chi connectivity index (χ2n) is 2.89. The number of rotatable bonds is 1. The lowest BCUT2D eigenvalue weighted by Crippen LogP contribution is -2.07. The fraction of sp³-hybridized carbons (Fsp3) is 0.0909. The van der Waals surface area contributed by atoms with Crippen molar-refractivity contribution in [2.75, 3.05) is 0 Å². The summed E-state index contributed by atoms with van der Waals surface area (Å²) in [5.41, 5.74) is 2.83. The van der Waals surface area contributed by atoms with Gasteiger partial charge >= 0.3 is 0 Å². The van der Waals surface area contributed by atoms with Crippen LogP contribution in [-0.4, -0.2) is 10.7 Å². The van der Waals surface area contributed by atoms with Gasteiger partial charge in [-0.3, -0.25) is 9.98 Å². The second-order valence-corrected chi connectivity index (χ2v) is 2.89. The predicted molar refractivity (Wildman–Crippen MR) is 74.3 cm³/mol. The van der Waals surface area contributed by atoms with E-state index in [1.165, 1.54) is 0 Å². The molecule has 2 nitrogen and oxygen atoms in total. The van der Waals surface area contributed by atoms with E-state index in [4.69, 9.17) is 0 Å². The first kappa shape index (κ1) is 14.3. The summed E-state index contributed by atoms with van der Waals surface area (Å²) in [6, 6.07) is 5.80. The van der Waals surface area contributed by atoms with Crippen LogP contribution >= 0.6 is 34.0 Å². The van der Waals surface area contributed by atoms with E-state index in [1.807, 2.05) is 24.3 Å². The fourth-order valence-corrected chi connectivity index (χ4v) is 1.26. The molecule has 0 aromatic carbocycles. The highest BCUT2D eigenvalue weighted by atomic mass is 79.9. The van der Waals surface area contributed by atoms with Gasteiger partial charge in [0.1, 0.15) is 0 Å². The monoisotopic (exact) mass is 330 g/mol. The van der Waals surface area contributed by atoms with Gasteiger partial charge in [-0.25, -0.2) is 0 Å². The molecule has 1 aromatic heterocycles. The highest BCUT2D eigenvalue weighted by molar-refractivity contribution is 8.93. The molecule has 2 rings (SSSR count). The van der Waals surface area contributed by atoms with Crippen molar-refractivity contribution in [3.05, 3.63) is 54.5 Å². The van der Waals surface area contributed by atoms with Crippen LogP contribution in [0.5, 0.6) is 0 Å². The maximum Gasteiger partial charge on any atom is 0.0915 e. The largest absolute Gasteiger partial charge is 0.255 e. The topological polar surface area (TPSA) is 25.2 Å². The molecule has 0 saturated heterocycles. The molecule has 0 atom stereocenters. The Balaban J connectivity index is 0.000000980. The molecule has 0 spiro atoms. The molecule has 15 heavy (non-hydrogen) atoms. The summed E-state index contributed by atoms with van der Waals surface area (Å²) in [5, 5.41) is 0. The van der Waals surface area contributed by atoms with Gasteiger partial charge < -0.3 is 0 Å². The van der Waals surface area contributed by atoms with E-state index in [-0.39, 0.29) is 34.0 Å². The SMILES string of the molecule is Br.Br.C=C1CC=CN=C1c1ccccn1. The van der Waals surface area contributed by atoms with Gasteiger partial charge in [-0.05, 0) is 24.1 Å². The Labute approximate surface area is 110 Å². The molecule has 0 amide bonds. The number of halogens is 2. The predicted octanol–water partition coefficient (Wildman–Crippen LogP) is 3.50. The average Bonchev–Trinajstić information content (AvgIpc) is 2.20. The number of allylic oxidation sites excluding steroid dienone is 2. The van der Waals surface area contributed by atoms with Crippen LogP contribution in [0.1, 0.15) is 12.1 Å². The van der Waals surface area contributed by atoms with E-state index in [2.05, 4.69) is 16.6 Å². The molecule has 0 radical (unpaired) electrons. The van der Waals surface area contributed by atoms with E-state index in [9.17, 15) is 0 Å². The number of aliphatic imine (C=N–C) groups is 1. The lowest BCUT2D eigenvalue weighted by Gasteiger charge is -2.09. The highest BCUT2D eigenvalue weighted by Gasteiger charge is 2.09. The van der Waals surface area contributed by atoms with Crippen LogP contribution < -0.4 is 0 Å². The van der Waals surface area contributed by atoms with E-state index < -0.39 is 0 Å². The van der Waals surface area contributed by atoms with Crippen molar-refractivity contribution in [1.82, 2.24) is 4.98 Å². The summed E-state index contributed by atoms with van der Waals surface area (Å²) in [6.45, 7) is 3.95. The Bertz CT molecular complexity index is 383. The third kappa shape index (κ3) is 3.39. The summed E-state index contributed by atoms with van der Waals surface area (Å²) in [5.74, 6) is 0. The summed E-state index contributed by atoms with van der Waals surface area (Å²) < 4.78 is 0. The Kier molecular flexibility index (Phi) is 6.36. The molecule has 1 aliphatic heterocycles. The number of hydrogen-bond acceptors (Lipinski definition) is 2. The quantitative estimate of drug-likeness (QED) is 0.773. The van der Waals surface area contributed by atoms with Crippen molar-refractivity contribution in [3.8, 4) is 0 Å². The van der Waals surface area contributed by atoms with Crippen molar-refractivity contribution in [2.24, 2.45) is 4.99 Å². The molecule has 80 valence electrons. The first-order chi connectivity index (χ1) is 6.38. The van der Waals surface area contributed by atoms with E-state index >= 15 is 0 Å². The second kappa shape index (κ2) is 6.69. The van der Waals surface area contributed by atoms with Crippen molar-refractivity contribution in [1.29, 1.82) is 0 Å². The molecular weight excluding hydrogens is 320 g/mol. The standard InChI is InChI=1S/C11H10N2.2BrH/c1-9-5-4-8-13-11(9)10-6-2-3-7-12-10;;/h2-4,6-8H,1,5H2;2*1H. The Morgan fingerprint density at radius 1 is 1.20 bits per heavy atom. The number of hydrogen-bond donors (Lipinski definition) is 0. The third-order valence-electron chi connectivity index (χ3n) is 1.92. The van der Waals surface area contributed by atoms with Gasteiger partial charge in [-0.2, -0.15) is 0 Å². The van der Waals surface area contributed by atoms with Gasteiger partial charge in [0.25, 0.3) is 0 Å². The van der Waals surface area contributed by atoms with Crippen LogP contribution in [0.2, 0.25) is 0 Å². The van der Waals surface area contributed by atoms with Crippen molar-refractivity contribution in [3.63, 3.8) is 0 Å². The van der Waals surface area contributed by atoms with Crippen LogP contribution in [-0.2, 0) is 0 Å². The molecular formula is C11H12Br2N2. The van der Waals surface area contributed by atoms with Crippen LogP contribution in [0, 0.1) is 0 Å². The van der Waals surface area contributed by atoms with Crippen LogP contribution in [0.4, 0.5) is 0 Å². The molecule has 0 unspecified atom stereocenters. The first-order valence-electron chi connectivity index (χ1n) is 4.20. The van der Waals surface area contributed by atoms with Crippen LogP contribution in [0.15, 0.2) is 53.8 Å². The summed E-state index contributed by atoms with van der Waals surface area (Å²) in [4.78, 5) is 8.48.